The van der Waals surface area contributed by atoms with Crippen molar-refractivity contribution in [1.82, 2.24) is 10.2 Å². The summed E-state index contributed by atoms with van der Waals surface area (Å²) < 4.78 is 25.8. The smallest absolute Gasteiger partial charge is 0.373 e. The Morgan fingerprint density at radius 1 is 1.12 bits per heavy atom. The second-order valence-electron chi connectivity index (χ2n) is 6.65. The number of nitrogens with two attached hydrogens (primary N) is 1. The van der Waals surface area contributed by atoms with Crippen LogP contribution in [0, 0.1) is 0 Å². The molecule has 1 fully saturated rings. The zero-order chi connectivity index (χ0) is 24.1. The molecule has 0 saturated carbocycles. The molecule has 0 atom stereocenters. The third-order valence-electron chi connectivity index (χ3n) is 4.48. The number of amides is 4. The maximum atomic E-state index is 12.8. The van der Waals surface area contributed by atoms with Gasteiger partial charge in [-0.25, -0.2) is 9.59 Å². The first-order valence-electron chi connectivity index (χ1n) is 9.46. The largest absolute Gasteiger partial charge is 0.493 e. The number of urea groups is 1. The maximum absolute atomic E-state index is 12.8. The number of hydrogen-bond acceptors (Lipinski definition) is 9. The highest BCUT2D eigenvalue weighted by Crippen LogP contribution is 2.39. The summed E-state index contributed by atoms with van der Waals surface area (Å²) in [6.07, 6.45) is 1.42. The Morgan fingerprint density at radius 3 is 2.36 bits per heavy atom. The summed E-state index contributed by atoms with van der Waals surface area (Å²) >= 11 is 0. The molecule has 4 amide bonds. The summed E-state index contributed by atoms with van der Waals surface area (Å²) in [5.41, 5.74) is 5.56. The van der Waals surface area contributed by atoms with Gasteiger partial charge in [0, 0.05) is 0 Å². The van der Waals surface area contributed by atoms with Gasteiger partial charge in [0.25, 0.3) is 11.8 Å². The van der Waals surface area contributed by atoms with Crippen molar-refractivity contribution >= 4 is 29.9 Å². The van der Waals surface area contributed by atoms with E-state index in [4.69, 9.17) is 24.4 Å². The number of ether oxygens (including phenoxy) is 4. The molecule has 3 N–H and O–H groups in total. The van der Waals surface area contributed by atoms with Crippen molar-refractivity contribution in [2.24, 2.45) is 5.73 Å². The van der Waals surface area contributed by atoms with Gasteiger partial charge in [-0.3, -0.25) is 14.5 Å². The third kappa shape index (κ3) is 5.06. The van der Waals surface area contributed by atoms with Crippen LogP contribution in [0.3, 0.4) is 0 Å². The number of benzene rings is 1. The Bertz CT molecular complexity index is 1110. The molecule has 0 aliphatic carbocycles. The molecule has 0 unspecified atom stereocenters. The van der Waals surface area contributed by atoms with E-state index in [9.17, 15) is 19.2 Å². The van der Waals surface area contributed by atoms with Crippen molar-refractivity contribution in [2.45, 2.75) is 6.54 Å². The molecule has 0 bridgehead atoms. The van der Waals surface area contributed by atoms with Crippen molar-refractivity contribution in [3.63, 3.8) is 0 Å². The number of nitrogens with zero attached hydrogens (tertiary/aromatic N) is 1. The van der Waals surface area contributed by atoms with Gasteiger partial charge in [-0.15, -0.1) is 0 Å². The van der Waals surface area contributed by atoms with Crippen LogP contribution >= 0.6 is 0 Å². The molecule has 1 aromatic carbocycles. The number of methoxy groups -OCH3 is 3. The number of imide groups is 1. The molecular formula is C21H21N3O9. The first-order chi connectivity index (χ1) is 15.8. The minimum Gasteiger partial charge on any atom is -0.493 e. The van der Waals surface area contributed by atoms with E-state index in [1.54, 1.807) is 0 Å². The zero-order valence-corrected chi connectivity index (χ0v) is 18.0. The second-order valence-corrected chi connectivity index (χ2v) is 6.65. The van der Waals surface area contributed by atoms with Crippen LogP contribution in [0.1, 0.15) is 21.9 Å². The van der Waals surface area contributed by atoms with Crippen molar-refractivity contribution < 1.29 is 42.5 Å². The molecule has 2 aromatic rings. The predicted octanol–water partition coefficient (Wildman–Crippen LogP) is 1.04. The molecule has 12 heteroatoms. The first kappa shape index (κ1) is 23.2. The van der Waals surface area contributed by atoms with Gasteiger partial charge in [-0.05, 0) is 35.9 Å². The number of rotatable bonds is 9. The fourth-order valence-corrected chi connectivity index (χ4v) is 2.98. The summed E-state index contributed by atoms with van der Waals surface area (Å²) in [5.74, 6) is -1.19. The zero-order valence-electron chi connectivity index (χ0n) is 18.0. The number of carbonyl (C=O) groups is 4. The molecule has 0 radical (unpaired) electrons. The van der Waals surface area contributed by atoms with E-state index in [0.717, 1.165) is 4.90 Å². The van der Waals surface area contributed by atoms with E-state index < -0.39 is 23.8 Å². The minimum absolute atomic E-state index is 0.00495. The Hall–Kier alpha value is -4.48. The second kappa shape index (κ2) is 9.77. The van der Waals surface area contributed by atoms with Crippen molar-refractivity contribution in [3.8, 4) is 17.2 Å². The summed E-state index contributed by atoms with van der Waals surface area (Å²) in [5, 5.41) is 2.48. The fraction of sp³-hybridized carbons (Fsp3) is 0.238. The number of furan rings is 1. The van der Waals surface area contributed by atoms with Gasteiger partial charge in [0.2, 0.25) is 11.5 Å². The number of nitrogens with one attached hydrogen (secondary N) is 1. The first-order valence-corrected chi connectivity index (χ1v) is 9.46. The molecule has 2 heterocycles. The molecule has 1 aromatic heterocycles. The van der Waals surface area contributed by atoms with Crippen LogP contribution in [-0.4, -0.2) is 56.7 Å². The SMILES string of the molecule is COC(=O)c1ccc(CN2C(=O)N/C(=C\c3cc(OC)c(OCC(N)=O)c(OC)c3)C2=O)o1. The van der Waals surface area contributed by atoms with Crippen LogP contribution in [-0.2, 0) is 20.9 Å². The van der Waals surface area contributed by atoms with E-state index in [1.807, 2.05) is 0 Å². The molecule has 1 aliphatic rings. The van der Waals surface area contributed by atoms with E-state index in [1.165, 1.54) is 51.7 Å². The lowest BCUT2D eigenvalue weighted by Gasteiger charge is -2.14. The summed E-state index contributed by atoms with van der Waals surface area (Å²) in [6, 6.07) is 5.25. The van der Waals surface area contributed by atoms with Gasteiger partial charge in [-0.1, -0.05) is 0 Å². The lowest BCUT2D eigenvalue weighted by atomic mass is 10.1. The van der Waals surface area contributed by atoms with E-state index >= 15 is 0 Å². The number of primary amides is 1. The maximum Gasteiger partial charge on any atom is 0.373 e. The molecule has 3 rings (SSSR count). The number of hydrogen-bond donors (Lipinski definition) is 2. The Labute approximate surface area is 187 Å². The van der Waals surface area contributed by atoms with Gasteiger partial charge >= 0.3 is 12.0 Å². The Morgan fingerprint density at radius 2 is 1.79 bits per heavy atom. The number of esters is 1. The number of carbonyl (C=O) groups excluding carboxylic acids is 4. The molecule has 0 spiro atoms. The fourth-order valence-electron chi connectivity index (χ4n) is 2.98. The average Bonchev–Trinajstić information content (AvgIpc) is 3.37. The highest BCUT2D eigenvalue weighted by atomic mass is 16.5. The predicted molar refractivity (Wildman–Crippen MR) is 111 cm³/mol. The van der Waals surface area contributed by atoms with Crippen LogP contribution in [0.5, 0.6) is 17.2 Å². The normalized spacial score (nSPS) is 14.3. The van der Waals surface area contributed by atoms with Crippen LogP contribution in [0.15, 0.2) is 34.4 Å². The molecule has 1 aliphatic heterocycles. The van der Waals surface area contributed by atoms with Gasteiger partial charge in [0.05, 0.1) is 27.9 Å². The van der Waals surface area contributed by atoms with Crippen LogP contribution < -0.4 is 25.3 Å². The monoisotopic (exact) mass is 459 g/mol. The van der Waals surface area contributed by atoms with Crippen LogP contribution in [0.2, 0.25) is 0 Å². The van der Waals surface area contributed by atoms with Crippen molar-refractivity contribution in [2.75, 3.05) is 27.9 Å². The van der Waals surface area contributed by atoms with Gasteiger partial charge < -0.3 is 34.4 Å². The Kier molecular flexibility index (Phi) is 6.86. The third-order valence-corrected chi connectivity index (χ3v) is 4.48. The summed E-state index contributed by atoms with van der Waals surface area (Å²) in [6.45, 7) is -0.577. The summed E-state index contributed by atoms with van der Waals surface area (Å²) in [4.78, 5) is 48.6. The highest BCUT2D eigenvalue weighted by Gasteiger charge is 2.34. The van der Waals surface area contributed by atoms with E-state index in [0.29, 0.717) is 5.56 Å². The van der Waals surface area contributed by atoms with Crippen LogP contribution in [0.4, 0.5) is 4.79 Å². The Balaban J connectivity index is 1.84. The van der Waals surface area contributed by atoms with Crippen molar-refractivity contribution in [1.29, 1.82) is 0 Å². The molecule has 33 heavy (non-hydrogen) atoms. The van der Waals surface area contributed by atoms with Crippen LogP contribution in [0.25, 0.3) is 6.08 Å². The molecule has 174 valence electrons. The van der Waals surface area contributed by atoms with E-state index in [2.05, 4.69) is 10.1 Å². The lowest BCUT2D eigenvalue weighted by molar-refractivity contribution is -0.123. The molecule has 1 saturated heterocycles. The van der Waals surface area contributed by atoms with Crippen molar-refractivity contribution in [3.05, 3.63) is 47.0 Å². The standard InChI is InChI=1S/C21H21N3O9/c1-29-15-7-11(8-16(30-2)18(15)32-10-17(22)25)6-13-19(26)24(21(28)23-13)9-12-4-5-14(33-12)20(27)31-3/h4-8H,9-10H2,1-3H3,(H2,22,25)(H,23,28)/b13-6-. The van der Waals surface area contributed by atoms with E-state index in [-0.39, 0.29) is 47.6 Å². The quantitative estimate of drug-likeness (QED) is 0.317. The highest BCUT2D eigenvalue weighted by molar-refractivity contribution is 6.13. The van der Waals surface area contributed by atoms with Gasteiger partial charge in [0.1, 0.15) is 11.5 Å². The van der Waals surface area contributed by atoms with Gasteiger partial charge in [0.15, 0.2) is 18.1 Å². The molecular weight excluding hydrogens is 438 g/mol. The average molecular weight is 459 g/mol. The van der Waals surface area contributed by atoms with Gasteiger partial charge in [-0.2, -0.15) is 0 Å². The molecule has 12 nitrogen and oxygen atoms in total. The summed E-state index contributed by atoms with van der Waals surface area (Å²) in [7, 11) is 3.98. The lowest BCUT2D eigenvalue weighted by Crippen LogP contribution is -2.30. The minimum atomic E-state index is -0.681. The topological polar surface area (TPSA) is 160 Å².